The van der Waals surface area contributed by atoms with E-state index in [-0.39, 0.29) is 18.3 Å². The van der Waals surface area contributed by atoms with Crippen molar-refractivity contribution in [3.05, 3.63) is 64.9 Å². The van der Waals surface area contributed by atoms with Crippen LogP contribution in [0.3, 0.4) is 0 Å². The van der Waals surface area contributed by atoms with Gasteiger partial charge >= 0.3 is 0 Å². The molecule has 0 atom stereocenters. The minimum Gasteiger partial charge on any atom is -0.376 e. The minimum atomic E-state index is -0.255. The third kappa shape index (κ3) is 5.44. The molecule has 1 amide bonds. The maximum atomic E-state index is 12.7. The van der Waals surface area contributed by atoms with Gasteiger partial charge in [0.15, 0.2) is 0 Å². The van der Waals surface area contributed by atoms with Gasteiger partial charge < -0.3 is 10.6 Å². The Morgan fingerprint density at radius 2 is 1.71 bits per heavy atom. The maximum absolute atomic E-state index is 12.7. The minimum absolute atomic E-state index is 0.0907. The summed E-state index contributed by atoms with van der Waals surface area (Å²) in [5.74, 6) is -0.345. The van der Waals surface area contributed by atoms with E-state index in [1.54, 1.807) is 24.3 Å². The van der Waals surface area contributed by atoms with E-state index >= 15 is 0 Å². The molecule has 2 rings (SSSR count). The summed E-state index contributed by atoms with van der Waals surface area (Å²) in [5.41, 5.74) is 1.83. The van der Waals surface area contributed by atoms with Crippen LogP contribution >= 0.6 is 11.6 Å². The number of benzene rings is 2. The quantitative estimate of drug-likeness (QED) is 0.860. The van der Waals surface area contributed by atoms with E-state index in [2.05, 4.69) is 10.6 Å². The molecule has 0 spiro atoms. The number of hydrogen-bond donors (Lipinski definition) is 2. The molecule has 5 heteroatoms. The topological polar surface area (TPSA) is 41.1 Å². The van der Waals surface area contributed by atoms with Crippen molar-refractivity contribution < 1.29 is 9.18 Å². The van der Waals surface area contributed by atoms with Gasteiger partial charge in [-0.05, 0) is 48.4 Å². The van der Waals surface area contributed by atoms with Gasteiger partial charge in [-0.2, -0.15) is 0 Å². The first-order valence-electron chi connectivity index (χ1n) is 6.64. The van der Waals surface area contributed by atoms with Crippen LogP contribution in [0.15, 0.2) is 48.5 Å². The van der Waals surface area contributed by atoms with Crippen LogP contribution in [0.1, 0.15) is 5.56 Å². The van der Waals surface area contributed by atoms with Crippen LogP contribution in [-0.2, 0) is 11.2 Å². The highest BCUT2D eigenvalue weighted by Crippen LogP contribution is 2.12. The molecule has 0 heterocycles. The summed E-state index contributed by atoms with van der Waals surface area (Å²) in [6.07, 6.45) is 0.674. The third-order valence-electron chi connectivity index (χ3n) is 2.95. The summed E-state index contributed by atoms with van der Waals surface area (Å²) < 4.78 is 12.7. The fourth-order valence-electron chi connectivity index (χ4n) is 1.81. The Hall–Kier alpha value is -2.07. The largest absolute Gasteiger partial charge is 0.376 e. The van der Waals surface area contributed by atoms with Gasteiger partial charge in [0.05, 0.1) is 6.54 Å². The summed E-state index contributed by atoms with van der Waals surface area (Å²) in [6, 6.07) is 13.4. The second-order valence-corrected chi connectivity index (χ2v) is 5.02. The molecule has 2 N–H and O–H groups in total. The first kappa shape index (κ1) is 15.3. The fraction of sp³-hybridized carbons (Fsp3) is 0.188. The average Bonchev–Trinajstić information content (AvgIpc) is 2.49. The summed E-state index contributed by atoms with van der Waals surface area (Å²) >= 11 is 5.78. The van der Waals surface area contributed by atoms with Crippen LogP contribution in [0, 0.1) is 5.82 Å². The first-order valence-corrected chi connectivity index (χ1v) is 7.02. The highest BCUT2D eigenvalue weighted by molar-refractivity contribution is 6.30. The summed E-state index contributed by atoms with van der Waals surface area (Å²) in [4.78, 5) is 11.7. The van der Waals surface area contributed by atoms with Crippen molar-refractivity contribution in [2.75, 3.05) is 18.4 Å². The van der Waals surface area contributed by atoms with Crippen LogP contribution in [0.25, 0.3) is 0 Å². The molecule has 0 aliphatic carbocycles. The lowest BCUT2D eigenvalue weighted by molar-refractivity contribution is -0.119. The van der Waals surface area contributed by atoms with E-state index in [1.165, 1.54) is 12.1 Å². The van der Waals surface area contributed by atoms with Crippen LogP contribution in [0.5, 0.6) is 0 Å². The zero-order valence-corrected chi connectivity index (χ0v) is 12.2. The molecule has 0 radical (unpaired) electrons. The molecule has 2 aromatic carbocycles. The van der Waals surface area contributed by atoms with Crippen LogP contribution in [0.4, 0.5) is 10.1 Å². The first-order chi connectivity index (χ1) is 10.1. The van der Waals surface area contributed by atoms with Crippen molar-refractivity contribution in [1.82, 2.24) is 5.32 Å². The Morgan fingerprint density at radius 1 is 1.05 bits per heavy atom. The average molecular weight is 307 g/mol. The zero-order valence-electron chi connectivity index (χ0n) is 11.4. The van der Waals surface area contributed by atoms with Crippen molar-refractivity contribution in [3.63, 3.8) is 0 Å². The van der Waals surface area contributed by atoms with E-state index in [0.717, 1.165) is 11.3 Å². The SMILES string of the molecule is O=C(CNc1ccc(Cl)cc1)NCCc1ccc(F)cc1. The van der Waals surface area contributed by atoms with Gasteiger partial charge in [0.25, 0.3) is 0 Å². The Bertz CT molecular complexity index is 584. The molecular weight excluding hydrogens is 291 g/mol. The lowest BCUT2D eigenvalue weighted by atomic mass is 10.1. The number of nitrogens with one attached hydrogen (secondary N) is 2. The number of halogens is 2. The van der Waals surface area contributed by atoms with Crippen LogP contribution in [0.2, 0.25) is 5.02 Å². The van der Waals surface area contributed by atoms with Gasteiger partial charge in [0.2, 0.25) is 5.91 Å². The Balaban J connectivity index is 1.67. The van der Waals surface area contributed by atoms with Gasteiger partial charge in [-0.25, -0.2) is 4.39 Å². The lowest BCUT2D eigenvalue weighted by Crippen LogP contribution is -2.31. The molecule has 0 aromatic heterocycles. The number of rotatable bonds is 6. The van der Waals surface area contributed by atoms with E-state index in [1.807, 2.05) is 12.1 Å². The number of hydrogen-bond acceptors (Lipinski definition) is 2. The number of carbonyl (C=O) groups is 1. The van der Waals surface area contributed by atoms with Crippen molar-refractivity contribution in [2.24, 2.45) is 0 Å². The van der Waals surface area contributed by atoms with E-state index in [0.29, 0.717) is 18.0 Å². The zero-order chi connectivity index (χ0) is 15.1. The highest BCUT2D eigenvalue weighted by Gasteiger charge is 2.01. The second-order valence-electron chi connectivity index (χ2n) is 4.59. The molecule has 0 bridgehead atoms. The molecule has 110 valence electrons. The van der Waals surface area contributed by atoms with Crippen molar-refractivity contribution in [2.45, 2.75) is 6.42 Å². The van der Waals surface area contributed by atoms with Crippen molar-refractivity contribution >= 4 is 23.2 Å². The molecular formula is C16H16ClFN2O. The standard InChI is InChI=1S/C16H16ClFN2O/c17-13-3-7-15(8-4-13)20-11-16(21)19-10-9-12-1-5-14(18)6-2-12/h1-8,20H,9-11H2,(H,19,21). The summed E-state index contributed by atoms with van der Waals surface area (Å²) in [6.45, 7) is 0.720. The molecule has 0 aliphatic heterocycles. The van der Waals surface area contributed by atoms with Crippen molar-refractivity contribution in [1.29, 1.82) is 0 Å². The van der Waals surface area contributed by atoms with Crippen molar-refractivity contribution in [3.8, 4) is 0 Å². The third-order valence-corrected chi connectivity index (χ3v) is 3.20. The van der Waals surface area contributed by atoms with E-state index < -0.39 is 0 Å². The Kier molecular flexibility index (Phi) is 5.58. The normalized spacial score (nSPS) is 10.2. The monoisotopic (exact) mass is 306 g/mol. The lowest BCUT2D eigenvalue weighted by Gasteiger charge is -2.08. The van der Waals surface area contributed by atoms with Gasteiger partial charge in [-0.1, -0.05) is 23.7 Å². The Morgan fingerprint density at radius 3 is 2.38 bits per heavy atom. The van der Waals surface area contributed by atoms with E-state index in [4.69, 9.17) is 11.6 Å². The van der Waals surface area contributed by atoms with Gasteiger partial charge in [-0.15, -0.1) is 0 Å². The number of anilines is 1. The molecule has 3 nitrogen and oxygen atoms in total. The Labute approximate surface area is 128 Å². The van der Waals surface area contributed by atoms with E-state index in [9.17, 15) is 9.18 Å². The molecule has 2 aromatic rings. The second kappa shape index (κ2) is 7.64. The predicted octanol–water partition coefficient (Wildman–Crippen LogP) is 3.25. The summed E-state index contributed by atoms with van der Waals surface area (Å²) in [5, 5.41) is 6.47. The number of carbonyl (C=O) groups excluding carboxylic acids is 1. The number of amides is 1. The van der Waals surface area contributed by atoms with Gasteiger partial charge in [0.1, 0.15) is 5.82 Å². The van der Waals surface area contributed by atoms with Crippen LogP contribution in [-0.4, -0.2) is 19.0 Å². The highest BCUT2D eigenvalue weighted by atomic mass is 35.5. The van der Waals surface area contributed by atoms with Crippen LogP contribution < -0.4 is 10.6 Å². The molecule has 0 saturated carbocycles. The molecule has 0 saturated heterocycles. The smallest absolute Gasteiger partial charge is 0.239 e. The molecule has 21 heavy (non-hydrogen) atoms. The molecule has 0 aliphatic rings. The molecule has 0 fully saturated rings. The van der Waals surface area contributed by atoms with Gasteiger partial charge in [0, 0.05) is 17.3 Å². The predicted molar refractivity (Wildman–Crippen MR) is 83.1 cm³/mol. The fourth-order valence-corrected chi connectivity index (χ4v) is 1.94. The summed E-state index contributed by atoms with van der Waals surface area (Å²) in [7, 11) is 0. The molecule has 0 unspecified atom stereocenters. The van der Waals surface area contributed by atoms with Gasteiger partial charge in [-0.3, -0.25) is 4.79 Å². The maximum Gasteiger partial charge on any atom is 0.239 e.